The second-order valence-corrected chi connectivity index (χ2v) is 6.71. The molecule has 0 aromatic heterocycles. The number of rotatable bonds is 8. The van der Waals surface area contributed by atoms with E-state index >= 15 is 0 Å². The molecule has 0 aliphatic rings. The van der Waals surface area contributed by atoms with Gasteiger partial charge < -0.3 is 10.1 Å². The van der Waals surface area contributed by atoms with Gasteiger partial charge >= 0.3 is 5.97 Å². The maximum absolute atomic E-state index is 12.9. The smallest absolute Gasteiger partial charge is 0.339 e. The van der Waals surface area contributed by atoms with Crippen molar-refractivity contribution in [3.8, 4) is 0 Å². The Morgan fingerprint density at radius 1 is 1.25 bits per heavy atom. The second-order valence-electron chi connectivity index (χ2n) is 5.86. The van der Waals surface area contributed by atoms with Crippen molar-refractivity contribution in [3.05, 3.63) is 69.5 Å². The van der Waals surface area contributed by atoms with Crippen LogP contribution in [0, 0.1) is 15.9 Å². The minimum absolute atomic E-state index is 0.00420. The summed E-state index contributed by atoms with van der Waals surface area (Å²) in [5, 5.41) is 13.7. The minimum atomic E-state index is -1.07. The van der Waals surface area contributed by atoms with Crippen LogP contribution in [0.3, 0.4) is 0 Å². The summed E-state index contributed by atoms with van der Waals surface area (Å²) >= 11 is 1.19. The number of nitro benzene ring substituents is 1. The monoisotopic (exact) mass is 406 g/mol. The van der Waals surface area contributed by atoms with Crippen LogP contribution < -0.4 is 5.32 Å². The van der Waals surface area contributed by atoms with Crippen LogP contribution in [0.1, 0.15) is 22.8 Å². The highest BCUT2D eigenvalue weighted by molar-refractivity contribution is 7.98. The summed E-state index contributed by atoms with van der Waals surface area (Å²) in [7, 11) is 0. The van der Waals surface area contributed by atoms with Gasteiger partial charge in [-0.15, -0.1) is 11.8 Å². The molecule has 2 aromatic rings. The van der Waals surface area contributed by atoms with E-state index in [9.17, 15) is 24.1 Å². The van der Waals surface area contributed by atoms with E-state index in [0.29, 0.717) is 17.9 Å². The Morgan fingerprint density at radius 3 is 2.54 bits per heavy atom. The van der Waals surface area contributed by atoms with Gasteiger partial charge in [-0.1, -0.05) is 12.1 Å². The van der Waals surface area contributed by atoms with Crippen LogP contribution in [0.5, 0.6) is 0 Å². The number of hydrogen-bond donors (Lipinski definition) is 1. The Hall–Kier alpha value is -2.94. The Labute approximate surface area is 165 Å². The first-order valence-corrected chi connectivity index (χ1v) is 9.60. The van der Waals surface area contributed by atoms with Crippen molar-refractivity contribution in [2.24, 2.45) is 0 Å². The fourth-order valence-electron chi connectivity index (χ4n) is 2.37. The van der Waals surface area contributed by atoms with Gasteiger partial charge in [-0.25, -0.2) is 9.18 Å². The predicted octanol–water partition coefficient (Wildman–Crippen LogP) is 3.36. The van der Waals surface area contributed by atoms with Crippen molar-refractivity contribution in [2.45, 2.75) is 24.3 Å². The number of thioether (sulfide) groups is 1. The lowest BCUT2D eigenvalue weighted by Gasteiger charge is -2.14. The molecule has 0 saturated carbocycles. The Morgan fingerprint density at radius 2 is 1.93 bits per heavy atom. The largest absolute Gasteiger partial charge is 0.449 e. The first-order valence-electron chi connectivity index (χ1n) is 8.37. The van der Waals surface area contributed by atoms with E-state index in [2.05, 4.69) is 5.32 Å². The van der Waals surface area contributed by atoms with Crippen molar-refractivity contribution in [3.63, 3.8) is 0 Å². The standard InChI is InChI=1S/C19H19FN2O5S/c1-12(18(23)21-10-9-13-3-6-15(20)7-4-13)27-19(24)14-5-8-17(28-2)16(11-14)22(25)26/h3-8,11-12H,9-10H2,1-2H3,(H,21,23)/t12-/m0/s1. The average Bonchev–Trinajstić information content (AvgIpc) is 2.68. The molecule has 1 amide bonds. The molecule has 0 aliphatic heterocycles. The molecule has 1 N–H and O–H groups in total. The third-order valence-corrected chi connectivity index (χ3v) is 4.68. The number of nitrogens with one attached hydrogen (secondary N) is 1. The topological polar surface area (TPSA) is 98.5 Å². The van der Waals surface area contributed by atoms with Crippen molar-refractivity contribution < 1.29 is 23.6 Å². The van der Waals surface area contributed by atoms with Gasteiger partial charge in [0.2, 0.25) is 0 Å². The van der Waals surface area contributed by atoms with Gasteiger partial charge in [0.15, 0.2) is 6.10 Å². The normalized spacial score (nSPS) is 11.5. The zero-order valence-electron chi connectivity index (χ0n) is 15.3. The van der Waals surface area contributed by atoms with E-state index < -0.39 is 22.9 Å². The molecule has 0 heterocycles. The van der Waals surface area contributed by atoms with Gasteiger partial charge in [0.1, 0.15) is 5.82 Å². The number of carbonyl (C=O) groups excluding carboxylic acids is 2. The zero-order valence-corrected chi connectivity index (χ0v) is 16.1. The van der Waals surface area contributed by atoms with E-state index in [4.69, 9.17) is 4.74 Å². The van der Waals surface area contributed by atoms with E-state index in [-0.39, 0.29) is 17.1 Å². The summed E-state index contributed by atoms with van der Waals surface area (Å²) in [4.78, 5) is 35.2. The summed E-state index contributed by atoms with van der Waals surface area (Å²) in [5.41, 5.74) is 0.654. The SMILES string of the molecule is CSc1ccc(C(=O)O[C@@H](C)C(=O)NCCc2ccc(F)cc2)cc1[N+](=O)[O-]. The molecular formula is C19H19FN2O5S. The second kappa shape index (κ2) is 9.84. The first-order chi connectivity index (χ1) is 13.3. The molecule has 0 spiro atoms. The molecule has 0 saturated heterocycles. The van der Waals surface area contributed by atoms with E-state index in [1.807, 2.05) is 0 Å². The molecule has 2 aromatic carbocycles. The van der Waals surface area contributed by atoms with E-state index in [0.717, 1.165) is 11.6 Å². The number of benzene rings is 2. The lowest BCUT2D eigenvalue weighted by atomic mass is 10.1. The van der Waals surface area contributed by atoms with Gasteiger partial charge in [0.05, 0.1) is 15.4 Å². The number of nitrogens with zero attached hydrogens (tertiary/aromatic N) is 1. The third-order valence-electron chi connectivity index (χ3n) is 3.89. The van der Waals surface area contributed by atoms with Gasteiger partial charge in [-0.3, -0.25) is 14.9 Å². The highest BCUT2D eigenvalue weighted by Gasteiger charge is 2.22. The molecule has 2 rings (SSSR count). The number of halogens is 1. The van der Waals surface area contributed by atoms with Crippen molar-refractivity contribution >= 4 is 29.3 Å². The molecule has 0 fully saturated rings. The van der Waals surface area contributed by atoms with Crippen LogP contribution in [0.4, 0.5) is 10.1 Å². The molecule has 0 radical (unpaired) electrons. The van der Waals surface area contributed by atoms with Crippen LogP contribution in [0.15, 0.2) is 47.4 Å². The van der Waals surface area contributed by atoms with Crippen molar-refractivity contribution in [1.29, 1.82) is 0 Å². The first kappa shape index (κ1) is 21.4. The van der Waals surface area contributed by atoms with Gasteiger partial charge in [-0.2, -0.15) is 0 Å². The van der Waals surface area contributed by atoms with Crippen LogP contribution in [-0.2, 0) is 16.0 Å². The van der Waals surface area contributed by atoms with Crippen LogP contribution in [0.2, 0.25) is 0 Å². The summed E-state index contributed by atoms with van der Waals surface area (Å²) in [6.07, 6.45) is 1.12. The summed E-state index contributed by atoms with van der Waals surface area (Å²) in [6, 6.07) is 9.93. The lowest BCUT2D eigenvalue weighted by Crippen LogP contribution is -2.36. The zero-order chi connectivity index (χ0) is 20.7. The summed E-state index contributed by atoms with van der Waals surface area (Å²) < 4.78 is 18.0. The molecule has 7 nitrogen and oxygen atoms in total. The summed E-state index contributed by atoms with van der Waals surface area (Å²) in [6.45, 7) is 1.70. The average molecular weight is 406 g/mol. The van der Waals surface area contributed by atoms with Crippen molar-refractivity contribution in [1.82, 2.24) is 5.32 Å². The van der Waals surface area contributed by atoms with Crippen LogP contribution in [-0.4, -0.2) is 35.7 Å². The summed E-state index contributed by atoms with van der Waals surface area (Å²) in [5.74, 6) is -1.65. The van der Waals surface area contributed by atoms with Gasteiger partial charge in [0, 0.05) is 12.6 Å². The Kier molecular flexibility index (Phi) is 7.51. The maximum atomic E-state index is 12.9. The van der Waals surface area contributed by atoms with E-state index in [1.54, 1.807) is 18.4 Å². The minimum Gasteiger partial charge on any atom is -0.449 e. The van der Waals surface area contributed by atoms with Crippen molar-refractivity contribution in [2.75, 3.05) is 12.8 Å². The van der Waals surface area contributed by atoms with Gasteiger partial charge in [-0.05, 0) is 49.4 Å². The predicted molar refractivity (Wildman–Crippen MR) is 103 cm³/mol. The van der Waals surface area contributed by atoms with Crippen LogP contribution in [0.25, 0.3) is 0 Å². The maximum Gasteiger partial charge on any atom is 0.339 e. The molecule has 0 unspecified atom stereocenters. The number of esters is 1. The molecule has 148 valence electrons. The van der Waals surface area contributed by atoms with Gasteiger partial charge in [0.25, 0.3) is 11.6 Å². The molecular weight excluding hydrogens is 387 g/mol. The molecule has 0 bridgehead atoms. The Balaban J connectivity index is 1.90. The third kappa shape index (κ3) is 5.78. The van der Waals surface area contributed by atoms with Crippen LogP contribution >= 0.6 is 11.8 Å². The number of hydrogen-bond acceptors (Lipinski definition) is 6. The molecule has 1 atom stereocenters. The number of carbonyl (C=O) groups is 2. The number of nitro groups is 1. The molecule has 28 heavy (non-hydrogen) atoms. The number of ether oxygens (including phenoxy) is 1. The fraction of sp³-hybridized carbons (Fsp3) is 0.263. The number of amides is 1. The fourth-order valence-corrected chi connectivity index (χ4v) is 2.91. The lowest BCUT2D eigenvalue weighted by molar-refractivity contribution is -0.387. The van der Waals surface area contributed by atoms with E-state index in [1.165, 1.54) is 43.0 Å². The highest BCUT2D eigenvalue weighted by Crippen LogP contribution is 2.28. The molecule has 0 aliphatic carbocycles. The molecule has 9 heteroatoms. The quantitative estimate of drug-likeness (QED) is 0.312. The highest BCUT2D eigenvalue weighted by atomic mass is 32.2. The Bertz CT molecular complexity index is 873.